The lowest BCUT2D eigenvalue weighted by Gasteiger charge is -2.34. The number of fused-ring (bicyclic) bond motifs is 3. The summed E-state index contributed by atoms with van der Waals surface area (Å²) in [7, 11) is 0. The summed E-state index contributed by atoms with van der Waals surface area (Å²) in [6, 6.07) is 14.4. The summed E-state index contributed by atoms with van der Waals surface area (Å²) in [5.41, 5.74) is 3.97. The molecule has 2 aliphatic heterocycles. The lowest BCUT2D eigenvalue weighted by Crippen LogP contribution is -2.41. The van der Waals surface area contributed by atoms with Gasteiger partial charge in [0.2, 0.25) is 0 Å². The van der Waals surface area contributed by atoms with E-state index in [0.29, 0.717) is 37.8 Å². The molecule has 0 saturated carbocycles. The number of nitrogens with zero attached hydrogens (tertiary/aromatic N) is 1. The zero-order valence-electron chi connectivity index (χ0n) is 20.0. The predicted molar refractivity (Wildman–Crippen MR) is 130 cm³/mol. The highest BCUT2D eigenvalue weighted by molar-refractivity contribution is 5.94. The average molecular weight is 469 g/mol. The number of benzene rings is 2. The van der Waals surface area contributed by atoms with Gasteiger partial charge in [0.25, 0.3) is 5.91 Å². The van der Waals surface area contributed by atoms with Crippen LogP contribution in [0.25, 0.3) is 0 Å². The van der Waals surface area contributed by atoms with Crippen LogP contribution in [0, 0.1) is 0 Å². The quantitative estimate of drug-likeness (QED) is 0.718. The Morgan fingerprint density at radius 1 is 1.06 bits per heavy atom. The molecule has 1 atom stereocenters. The molecular weight excluding hydrogens is 432 g/mol. The number of aliphatic hydroxyl groups excluding tert-OH is 1. The van der Waals surface area contributed by atoms with Gasteiger partial charge in [-0.25, -0.2) is 0 Å². The third-order valence-corrected chi connectivity index (χ3v) is 6.46. The molecule has 0 spiro atoms. The highest BCUT2D eigenvalue weighted by atomic mass is 16.5. The number of hydrogen-bond acceptors (Lipinski definition) is 6. The third kappa shape index (κ3) is 6.79. The summed E-state index contributed by atoms with van der Waals surface area (Å²) in [6.07, 6.45) is 2.77. The van der Waals surface area contributed by atoms with Gasteiger partial charge in [-0.15, -0.1) is 0 Å². The van der Waals surface area contributed by atoms with Crippen molar-refractivity contribution in [2.75, 3.05) is 46.2 Å². The summed E-state index contributed by atoms with van der Waals surface area (Å²) >= 11 is 0. The lowest BCUT2D eigenvalue weighted by molar-refractivity contribution is 0.0133. The second-order valence-electron chi connectivity index (χ2n) is 9.15. The van der Waals surface area contributed by atoms with Gasteiger partial charge in [0.1, 0.15) is 12.4 Å². The highest BCUT2D eigenvalue weighted by Gasteiger charge is 2.22. The molecule has 2 aromatic carbocycles. The molecule has 2 aliphatic rings. The third-order valence-electron chi connectivity index (χ3n) is 6.46. The monoisotopic (exact) mass is 468 g/mol. The number of ether oxygens (including phenoxy) is 3. The van der Waals surface area contributed by atoms with Crippen LogP contribution in [-0.4, -0.2) is 74.2 Å². The van der Waals surface area contributed by atoms with Gasteiger partial charge in [-0.3, -0.25) is 9.69 Å². The molecule has 0 aromatic heterocycles. The van der Waals surface area contributed by atoms with E-state index in [1.807, 2.05) is 12.1 Å². The van der Waals surface area contributed by atoms with Crippen LogP contribution in [0.2, 0.25) is 0 Å². The van der Waals surface area contributed by atoms with E-state index in [4.69, 9.17) is 14.2 Å². The van der Waals surface area contributed by atoms with E-state index in [1.165, 1.54) is 11.1 Å². The van der Waals surface area contributed by atoms with E-state index in [1.54, 1.807) is 13.0 Å². The maximum Gasteiger partial charge on any atom is 0.251 e. The molecule has 184 valence electrons. The molecule has 2 aromatic rings. The topological polar surface area (TPSA) is 80.3 Å². The van der Waals surface area contributed by atoms with Crippen molar-refractivity contribution in [2.24, 2.45) is 0 Å². The summed E-state index contributed by atoms with van der Waals surface area (Å²) in [5, 5.41) is 12.1. The molecule has 0 radical (unpaired) electrons. The van der Waals surface area contributed by atoms with Gasteiger partial charge in [-0.2, -0.15) is 0 Å². The van der Waals surface area contributed by atoms with Crippen molar-refractivity contribution in [3.8, 4) is 5.75 Å². The predicted octanol–water partition coefficient (Wildman–Crippen LogP) is 2.78. The maximum absolute atomic E-state index is 12.6. The SMILES string of the molecule is C[C@@H](CO)NC(=O)c1ccc2c(c1)Cc1cccc(c1)CN(C1CCOCC1)CCOCCO2. The molecule has 1 saturated heterocycles. The van der Waals surface area contributed by atoms with Crippen molar-refractivity contribution >= 4 is 5.91 Å². The number of carbonyl (C=O) groups excluding carboxylic acids is 1. The highest BCUT2D eigenvalue weighted by Crippen LogP contribution is 2.25. The molecule has 2 N–H and O–H groups in total. The van der Waals surface area contributed by atoms with Crippen LogP contribution >= 0.6 is 0 Å². The van der Waals surface area contributed by atoms with Gasteiger partial charge in [0.05, 0.1) is 19.8 Å². The zero-order chi connectivity index (χ0) is 23.8. The normalized spacial score (nSPS) is 19.4. The molecule has 1 amide bonds. The minimum Gasteiger partial charge on any atom is -0.491 e. The van der Waals surface area contributed by atoms with Gasteiger partial charge in [-0.05, 0) is 54.7 Å². The van der Waals surface area contributed by atoms with Gasteiger partial charge in [0, 0.05) is 50.4 Å². The maximum atomic E-state index is 12.6. The van der Waals surface area contributed by atoms with E-state index in [2.05, 4.69) is 34.5 Å². The van der Waals surface area contributed by atoms with Crippen molar-refractivity contribution in [3.63, 3.8) is 0 Å². The summed E-state index contributed by atoms with van der Waals surface area (Å²) in [6.45, 7) is 6.71. The molecule has 1 fully saturated rings. The van der Waals surface area contributed by atoms with Crippen molar-refractivity contribution in [2.45, 2.75) is 44.8 Å². The number of amides is 1. The Kier molecular flexibility index (Phi) is 8.93. The molecule has 7 nitrogen and oxygen atoms in total. The van der Waals surface area contributed by atoms with Crippen molar-refractivity contribution < 1.29 is 24.1 Å². The molecule has 34 heavy (non-hydrogen) atoms. The van der Waals surface area contributed by atoms with E-state index in [9.17, 15) is 9.90 Å². The summed E-state index contributed by atoms with van der Waals surface area (Å²) in [5.74, 6) is 0.564. The Morgan fingerprint density at radius 3 is 2.68 bits per heavy atom. The average Bonchev–Trinajstić information content (AvgIpc) is 2.86. The second-order valence-corrected chi connectivity index (χ2v) is 9.15. The number of rotatable bonds is 4. The number of nitrogens with one attached hydrogen (secondary N) is 1. The zero-order valence-corrected chi connectivity index (χ0v) is 20.0. The minimum atomic E-state index is -0.301. The van der Waals surface area contributed by atoms with Crippen LogP contribution in [0.4, 0.5) is 0 Å². The molecule has 7 heteroatoms. The van der Waals surface area contributed by atoms with E-state index in [-0.39, 0.29) is 18.6 Å². The van der Waals surface area contributed by atoms with Crippen LogP contribution < -0.4 is 10.1 Å². The minimum absolute atomic E-state index is 0.0997. The Morgan fingerprint density at radius 2 is 1.85 bits per heavy atom. The number of aliphatic hydroxyl groups is 1. The molecular formula is C27H36N2O5. The smallest absolute Gasteiger partial charge is 0.251 e. The van der Waals surface area contributed by atoms with E-state index < -0.39 is 0 Å². The standard InChI is InChI=1S/C27H36N2O5/c1-20(19-30)28-27(31)23-5-6-26-24(17-23)16-21-3-2-4-22(15-21)18-29(9-12-33-13-14-34-26)25-7-10-32-11-8-25/h2-6,15,17,20,25,30H,7-14,16,18-19H2,1H3,(H,28,31)/t20-/m0/s1. The van der Waals surface area contributed by atoms with E-state index >= 15 is 0 Å². The number of hydrogen-bond donors (Lipinski definition) is 2. The van der Waals surface area contributed by atoms with Gasteiger partial charge >= 0.3 is 0 Å². The van der Waals surface area contributed by atoms with Crippen LogP contribution in [0.5, 0.6) is 5.75 Å². The van der Waals surface area contributed by atoms with E-state index in [0.717, 1.165) is 50.5 Å². The van der Waals surface area contributed by atoms with Gasteiger partial charge in [0.15, 0.2) is 0 Å². The van der Waals surface area contributed by atoms with Gasteiger partial charge in [-0.1, -0.05) is 24.3 Å². The molecule has 0 aliphatic carbocycles. The first-order valence-electron chi connectivity index (χ1n) is 12.3. The fourth-order valence-electron chi connectivity index (χ4n) is 4.58. The fraction of sp³-hybridized carbons (Fsp3) is 0.519. The Balaban J connectivity index is 1.58. The van der Waals surface area contributed by atoms with Crippen LogP contribution in [0.15, 0.2) is 42.5 Å². The first-order valence-corrected chi connectivity index (χ1v) is 12.3. The molecule has 0 unspecified atom stereocenters. The molecule has 2 bridgehead atoms. The van der Waals surface area contributed by atoms with Gasteiger partial charge < -0.3 is 24.6 Å². The Bertz CT molecular complexity index is 944. The first-order chi connectivity index (χ1) is 16.6. The Hall–Kier alpha value is -2.45. The van der Waals surface area contributed by atoms with Crippen LogP contribution in [0.3, 0.4) is 0 Å². The first kappa shape index (κ1) is 24.7. The summed E-state index contributed by atoms with van der Waals surface area (Å²) in [4.78, 5) is 15.1. The largest absolute Gasteiger partial charge is 0.491 e. The summed E-state index contributed by atoms with van der Waals surface area (Å²) < 4.78 is 17.5. The van der Waals surface area contributed by atoms with Crippen LogP contribution in [0.1, 0.15) is 46.8 Å². The van der Waals surface area contributed by atoms with Crippen LogP contribution in [-0.2, 0) is 22.4 Å². The lowest BCUT2D eigenvalue weighted by atomic mass is 9.99. The number of carbonyl (C=O) groups is 1. The fourth-order valence-corrected chi connectivity index (χ4v) is 4.58. The second kappa shape index (κ2) is 12.3. The Labute approximate surface area is 202 Å². The molecule has 2 heterocycles. The molecule has 4 rings (SSSR count). The van der Waals surface area contributed by atoms with Crippen molar-refractivity contribution in [1.29, 1.82) is 0 Å². The van der Waals surface area contributed by atoms with Crippen molar-refractivity contribution in [1.82, 2.24) is 10.2 Å². The van der Waals surface area contributed by atoms with Crippen molar-refractivity contribution in [3.05, 3.63) is 64.7 Å².